The van der Waals surface area contributed by atoms with Gasteiger partial charge in [-0.05, 0) is 67.0 Å². The summed E-state index contributed by atoms with van der Waals surface area (Å²) in [6.45, 7) is 0.481. The predicted octanol–water partition coefficient (Wildman–Crippen LogP) is 5.96. The van der Waals surface area contributed by atoms with Crippen molar-refractivity contribution < 1.29 is 28.6 Å². The number of nitrogens with zero attached hydrogens (tertiary/aromatic N) is 1. The smallest absolute Gasteiger partial charge is 0.335 e. The van der Waals surface area contributed by atoms with Crippen LogP contribution in [0.5, 0.6) is 5.75 Å². The van der Waals surface area contributed by atoms with Gasteiger partial charge >= 0.3 is 5.97 Å². The van der Waals surface area contributed by atoms with Gasteiger partial charge in [0.05, 0.1) is 28.3 Å². The monoisotopic (exact) mass is 523 g/mol. The van der Waals surface area contributed by atoms with Crippen LogP contribution in [-0.4, -0.2) is 23.5 Å². The topological polar surface area (TPSA) is 90.5 Å². The number of Topliss-reactive ketones (excluding diaryl/α,β-unsaturated/α-hetero) is 1. The molecule has 2 aromatic carbocycles. The molecule has 192 valence electrons. The van der Waals surface area contributed by atoms with Crippen molar-refractivity contribution in [2.45, 2.75) is 44.4 Å². The van der Waals surface area contributed by atoms with Gasteiger partial charge in [-0.1, -0.05) is 36.6 Å². The van der Waals surface area contributed by atoms with Crippen LogP contribution in [0.25, 0.3) is 11.1 Å². The number of carboxylic acid groups (broad SMARTS) is 1. The highest BCUT2D eigenvalue weighted by molar-refractivity contribution is 6.31. The van der Waals surface area contributed by atoms with Gasteiger partial charge in [0, 0.05) is 12.5 Å². The first-order valence-electron chi connectivity index (χ1n) is 12.5. The Morgan fingerprint density at radius 3 is 2.38 bits per heavy atom. The maximum atomic E-state index is 15.1. The van der Waals surface area contributed by atoms with Crippen molar-refractivity contribution in [1.82, 2.24) is 0 Å². The summed E-state index contributed by atoms with van der Waals surface area (Å²) in [5.74, 6) is -1.24. The van der Waals surface area contributed by atoms with Crippen molar-refractivity contribution in [3.05, 3.63) is 87.6 Å². The Hall–Kier alpha value is -3.45. The standard InChI is InChI=1S/C29H27ClFNO5/c30-23-10-12-26(37-16-19-3-4-19)27(28(23)31)21-9-11-24(32(36)15-21)22(13-17-1-2-17)25(33)14-18-5-7-20(8-6-18)29(34)35/h5-12,15,17,19,22H,1-4,13-14,16H2,(H,34,35)/t22-/m0/s1. The first kappa shape index (κ1) is 25.2. The number of pyridine rings is 1. The lowest BCUT2D eigenvalue weighted by Gasteiger charge is -2.17. The molecule has 1 N–H and O–H groups in total. The van der Waals surface area contributed by atoms with E-state index in [9.17, 15) is 14.8 Å². The number of carbonyl (C=O) groups is 2. The van der Waals surface area contributed by atoms with Crippen LogP contribution < -0.4 is 9.47 Å². The van der Waals surface area contributed by atoms with Crippen LogP contribution in [0, 0.1) is 22.9 Å². The van der Waals surface area contributed by atoms with Crippen LogP contribution in [0.2, 0.25) is 5.02 Å². The second-order valence-electron chi connectivity index (χ2n) is 10.0. The Morgan fingerprint density at radius 1 is 1.05 bits per heavy atom. The summed E-state index contributed by atoms with van der Waals surface area (Å²) in [6.07, 6.45) is 6.13. The summed E-state index contributed by atoms with van der Waals surface area (Å²) in [6, 6.07) is 12.4. The lowest BCUT2D eigenvalue weighted by atomic mass is 9.89. The van der Waals surface area contributed by atoms with Crippen LogP contribution in [0.3, 0.4) is 0 Å². The number of halogens is 2. The third-order valence-electron chi connectivity index (χ3n) is 7.05. The van der Waals surface area contributed by atoms with E-state index in [0.717, 1.165) is 25.7 Å². The lowest BCUT2D eigenvalue weighted by molar-refractivity contribution is -0.614. The van der Waals surface area contributed by atoms with E-state index < -0.39 is 17.7 Å². The Bertz CT molecular complexity index is 1330. The van der Waals surface area contributed by atoms with Gasteiger partial charge in [-0.25, -0.2) is 9.18 Å². The molecule has 5 rings (SSSR count). The van der Waals surface area contributed by atoms with Crippen LogP contribution in [-0.2, 0) is 11.2 Å². The molecule has 0 amide bonds. The van der Waals surface area contributed by atoms with E-state index in [1.165, 1.54) is 24.4 Å². The van der Waals surface area contributed by atoms with Gasteiger partial charge in [0.25, 0.3) is 0 Å². The Kier molecular flexibility index (Phi) is 7.15. The molecule has 2 fully saturated rings. The fourth-order valence-electron chi connectivity index (χ4n) is 4.52. The van der Waals surface area contributed by atoms with Crippen molar-refractivity contribution in [3.63, 3.8) is 0 Å². The molecule has 0 saturated heterocycles. The van der Waals surface area contributed by atoms with E-state index in [-0.39, 0.29) is 28.4 Å². The summed E-state index contributed by atoms with van der Waals surface area (Å²) in [4.78, 5) is 24.5. The minimum atomic E-state index is -1.03. The van der Waals surface area contributed by atoms with Crippen LogP contribution >= 0.6 is 11.6 Å². The first-order chi connectivity index (χ1) is 17.8. The minimum Gasteiger partial charge on any atom is -0.618 e. The third-order valence-corrected chi connectivity index (χ3v) is 7.34. The van der Waals surface area contributed by atoms with Gasteiger partial charge in [0.1, 0.15) is 11.7 Å². The molecule has 0 radical (unpaired) electrons. The molecule has 2 aliphatic rings. The second-order valence-corrected chi connectivity index (χ2v) is 10.4. The number of hydrogen-bond donors (Lipinski definition) is 1. The summed E-state index contributed by atoms with van der Waals surface area (Å²) in [7, 11) is 0. The van der Waals surface area contributed by atoms with Gasteiger partial charge in [0.15, 0.2) is 17.8 Å². The first-order valence-corrected chi connectivity index (χ1v) is 12.9. The number of aromatic nitrogens is 1. The molecule has 2 saturated carbocycles. The van der Waals surface area contributed by atoms with Gasteiger partial charge < -0.3 is 15.1 Å². The predicted molar refractivity (Wildman–Crippen MR) is 136 cm³/mol. The number of benzene rings is 2. The van der Waals surface area contributed by atoms with E-state index in [1.807, 2.05) is 0 Å². The second kappa shape index (κ2) is 10.5. The SMILES string of the molecule is O=C(O)c1ccc(CC(=O)[C@@H](CC2CC2)c2ccc(-c3c(OCC4CC4)ccc(Cl)c3F)c[n+]2[O-])cc1. The van der Waals surface area contributed by atoms with Crippen LogP contribution in [0.15, 0.2) is 54.7 Å². The van der Waals surface area contributed by atoms with Crippen molar-refractivity contribution in [1.29, 1.82) is 0 Å². The van der Waals surface area contributed by atoms with Crippen molar-refractivity contribution >= 4 is 23.4 Å². The molecule has 6 nitrogen and oxygen atoms in total. The quantitative estimate of drug-likeness (QED) is 0.247. The molecule has 1 heterocycles. The van der Waals surface area contributed by atoms with E-state index >= 15 is 4.39 Å². The largest absolute Gasteiger partial charge is 0.618 e. The lowest BCUT2D eigenvalue weighted by Crippen LogP contribution is -2.36. The maximum absolute atomic E-state index is 15.1. The Morgan fingerprint density at radius 2 is 1.76 bits per heavy atom. The molecule has 8 heteroatoms. The molecular weight excluding hydrogens is 497 g/mol. The highest BCUT2D eigenvalue weighted by Gasteiger charge is 2.35. The highest BCUT2D eigenvalue weighted by atomic mass is 35.5. The molecule has 3 aromatic rings. The Balaban J connectivity index is 1.42. The van der Waals surface area contributed by atoms with Crippen LogP contribution in [0.4, 0.5) is 4.39 Å². The van der Waals surface area contributed by atoms with Gasteiger partial charge in [-0.15, -0.1) is 0 Å². The number of aromatic carboxylic acids is 1. The Labute approximate surface area is 219 Å². The summed E-state index contributed by atoms with van der Waals surface area (Å²) in [5.41, 5.74) is 1.60. The maximum Gasteiger partial charge on any atom is 0.335 e. The van der Waals surface area contributed by atoms with Crippen molar-refractivity contribution in [3.8, 4) is 16.9 Å². The van der Waals surface area contributed by atoms with Crippen molar-refractivity contribution in [2.24, 2.45) is 11.8 Å². The minimum absolute atomic E-state index is 0.0639. The van der Waals surface area contributed by atoms with E-state index in [0.29, 0.717) is 52.2 Å². The van der Waals surface area contributed by atoms with Gasteiger partial charge in [-0.2, -0.15) is 4.73 Å². The summed E-state index contributed by atoms with van der Waals surface area (Å²) < 4.78 is 21.6. The number of ether oxygens (including phenoxy) is 1. The molecular formula is C29H27ClFNO5. The van der Waals surface area contributed by atoms with E-state index in [2.05, 4.69) is 0 Å². The molecule has 0 unspecified atom stereocenters. The molecule has 2 aliphatic carbocycles. The number of hydrogen-bond acceptors (Lipinski definition) is 4. The molecule has 37 heavy (non-hydrogen) atoms. The number of carboxylic acids is 1. The number of rotatable bonds is 11. The average molecular weight is 524 g/mol. The zero-order valence-electron chi connectivity index (χ0n) is 20.2. The van der Waals surface area contributed by atoms with Gasteiger partial charge in [-0.3, -0.25) is 4.79 Å². The van der Waals surface area contributed by atoms with E-state index in [4.69, 9.17) is 21.4 Å². The fourth-order valence-corrected chi connectivity index (χ4v) is 4.68. The average Bonchev–Trinajstić information content (AvgIpc) is 3.80. The van der Waals surface area contributed by atoms with Crippen molar-refractivity contribution in [2.75, 3.05) is 6.61 Å². The zero-order valence-corrected chi connectivity index (χ0v) is 20.9. The van der Waals surface area contributed by atoms with E-state index in [1.54, 1.807) is 30.3 Å². The normalized spacial score (nSPS) is 15.8. The molecule has 0 aliphatic heterocycles. The number of ketones is 1. The molecule has 0 spiro atoms. The molecule has 0 bridgehead atoms. The molecule has 1 atom stereocenters. The third kappa shape index (κ3) is 5.93. The fraction of sp³-hybridized carbons (Fsp3) is 0.345. The number of carbonyl (C=O) groups excluding carboxylic acids is 1. The van der Waals surface area contributed by atoms with Gasteiger partial charge in [0.2, 0.25) is 5.69 Å². The summed E-state index contributed by atoms with van der Waals surface area (Å²) >= 11 is 6.05. The zero-order chi connectivity index (χ0) is 26.1. The highest BCUT2D eigenvalue weighted by Crippen LogP contribution is 2.40. The van der Waals surface area contributed by atoms with Crippen LogP contribution in [0.1, 0.15) is 59.6 Å². The molecule has 1 aromatic heterocycles. The summed E-state index contributed by atoms with van der Waals surface area (Å²) in [5, 5.41) is 22.3.